The van der Waals surface area contributed by atoms with E-state index >= 15 is 0 Å². The van der Waals surface area contributed by atoms with Crippen molar-refractivity contribution in [2.24, 2.45) is 0 Å². The maximum atomic E-state index is 4.35. The molecule has 3 aromatic rings. The Bertz CT molecular complexity index is 760. The van der Waals surface area contributed by atoms with Crippen molar-refractivity contribution in [2.45, 2.75) is 20.8 Å². The summed E-state index contributed by atoms with van der Waals surface area (Å²) in [4.78, 5) is 4.35. The van der Waals surface area contributed by atoms with Crippen LogP contribution in [0, 0.1) is 20.8 Å². The first kappa shape index (κ1) is 11.8. The first-order chi connectivity index (χ1) is 9.16. The molecule has 94 valence electrons. The molecule has 0 spiro atoms. The molecule has 1 heterocycles. The van der Waals surface area contributed by atoms with Crippen molar-refractivity contribution in [1.82, 2.24) is 4.98 Å². The van der Waals surface area contributed by atoms with Crippen LogP contribution >= 0.6 is 0 Å². The van der Waals surface area contributed by atoms with Gasteiger partial charge in [0.1, 0.15) is 5.69 Å². The first-order valence-corrected chi connectivity index (χ1v) is 6.50. The molecule has 2 aromatic carbocycles. The number of rotatable bonds is 1. The molecule has 0 aliphatic rings. The van der Waals surface area contributed by atoms with Crippen LogP contribution in [0.5, 0.6) is 0 Å². The van der Waals surface area contributed by atoms with Crippen molar-refractivity contribution in [2.75, 3.05) is 0 Å². The van der Waals surface area contributed by atoms with Gasteiger partial charge in [-0.25, -0.2) is 4.98 Å². The molecule has 1 aromatic heterocycles. The highest BCUT2D eigenvalue weighted by atomic mass is 15.0. The second-order valence-corrected chi connectivity index (χ2v) is 4.99. The van der Waals surface area contributed by atoms with Gasteiger partial charge in [-0.15, -0.1) is 0 Å². The van der Waals surface area contributed by atoms with E-state index in [4.69, 9.17) is 0 Å². The molecule has 0 aliphatic heterocycles. The highest BCUT2D eigenvalue weighted by Gasteiger charge is 2.17. The van der Waals surface area contributed by atoms with Crippen molar-refractivity contribution in [1.29, 1.82) is 0 Å². The van der Waals surface area contributed by atoms with Crippen LogP contribution in [0.25, 0.3) is 16.5 Å². The van der Waals surface area contributed by atoms with Gasteiger partial charge in [0, 0.05) is 12.5 Å². The van der Waals surface area contributed by atoms with E-state index in [-0.39, 0.29) is 0 Å². The van der Waals surface area contributed by atoms with E-state index in [9.17, 15) is 0 Å². The summed E-state index contributed by atoms with van der Waals surface area (Å²) in [5, 5.41) is 2.55. The minimum atomic E-state index is 1.03. The summed E-state index contributed by atoms with van der Waals surface area (Å²) in [6.45, 7) is 6.27. The second-order valence-electron chi connectivity index (χ2n) is 4.99. The van der Waals surface area contributed by atoms with Gasteiger partial charge in [-0.3, -0.25) is 0 Å². The number of benzene rings is 2. The van der Waals surface area contributed by atoms with Crippen LogP contribution in [0.2, 0.25) is 0 Å². The summed E-state index contributed by atoms with van der Waals surface area (Å²) < 4.78 is 2.24. The number of fused-ring (bicyclic) bond motifs is 1. The van der Waals surface area contributed by atoms with Crippen molar-refractivity contribution in [3.63, 3.8) is 0 Å². The third-order valence-corrected chi connectivity index (χ3v) is 3.49. The Hall–Kier alpha value is -2.22. The zero-order chi connectivity index (χ0) is 13.4. The number of nitrogens with zero attached hydrogens (tertiary/aromatic N) is 2. The number of aromatic nitrogens is 2. The molecule has 2 nitrogen and oxygen atoms in total. The van der Waals surface area contributed by atoms with E-state index in [1.807, 2.05) is 13.1 Å². The topological polar surface area (TPSA) is 16.8 Å². The Morgan fingerprint density at radius 2 is 1.74 bits per heavy atom. The zero-order valence-corrected chi connectivity index (χ0v) is 11.5. The van der Waals surface area contributed by atoms with Gasteiger partial charge in [0.15, 0.2) is 6.20 Å². The summed E-state index contributed by atoms with van der Waals surface area (Å²) in [5.74, 6) is 0. The minimum absolute atomic E-state index is 1.03. The molecule has 0 bridgehead atoms. The monoisotopic (exact) mass is 249 g/mol. The quantitative estimate of drug-likeness (QED) is 0.604. The van der Waals surface area contributed by atoms with E-state index in [2.05, 4.69) is 66.0 Å². The van der Waals surface area contributed by atoms with E-state index in [1.54, 1.807) is 0 Å². The molecule has 0 N–H and O–H groups in total. The molecule has 0 saturated carbocycles. The molecule has 0 amide bonds. The molecule has 2 heteroatoms. The molecule has 0 saturated heterocycles. The third kappa shape index (κ3) is 1.99. The fourth-order valence-corrected chi connectivity index (χ4v) is 2.50. The molecule has 0 radical (unpaired) electrons. The van der Waals surface area contributed by atoms with Gasteiger partial charge >= 0.3 is 0 Å². The highest BCUT2D eigenvalue weighted by Crippen LogP contribution is 2.22. The van der Waals surface area contributed by atoms with Crippen LogP contribution in [0.3, 0.4) is 0 Å². The Labute approximate surface area is 113 Å². The van der Waals surface area contributed by atoms with Crippen LogP contribution in [0.15, 0.2) is 48.8 Å². The molecule has 19 heavy (non-hydrogen) atoms. The third-order valence-electron chi connectivity index (χ3n) is 3.49. The molecule has 0 unspecified atom stereocenters. The normalized spacial score (nSPS) is 10.9. The van der Waals surface area contributed by atoms with Crippen LogP contribution < -0.4 is 4.57 Å². The SMILES string of the molecule is Cc1c[n+](-c2c(C)ccc3ccccc23)c(C)cn1. The number of hydrogen-bond donors (Lipinski definition) is 0. The molecule has 3 rings (SSSR count). The van der Waals surface area contributed by atoms with Crippen LogP contribution in [0.4, 0.5) is 0 Å². The lowest BCUT2D eigenvalue weighted by atomic mass is 10.0. The van der Waals surface area contributed by atoms with E-state index < -0.39 is 0 Å². The number of hydrogen-bond acceptors (Lipinski definition) is 1. The zero-order valence-electron chi connectivity index (χ0n) is 11.5. The van der Waals surface area contributed by atoms with E-state index in [1.165, 1.54) is 22.0 Å². The maximum absolute atomic E-state index is 4.35. The number of aryl methyl sites for hydroxylation is 3. The average molecular weight is 249 g/mol. The van der Waals surface area contributed by atoms with Crippen LogP contribution in [-0.2, 0) is 0 Å². The highest BCUT2D eigenvalue weighted by molar-refractivity contribution is 5.89. The Morgan fingerprint density at radius 1 is 0.947 bits per heavy atom. The predicted molar refractivity (Wildman–Crippen MR) is 77.5 cm³/mol. The van der Waals surface area contributed by atoms with Gasteiger partial charge in [-0.1, -0.05) is 30.3 Å². The summed E-state index contributed by atoms with van der Waals surface area (Å²) >= 11 is 0. The maximum Gasteiger partial charge on any atom is 0.221 e. The van der Waals surface area contributed by atoms with Gasteiger partial charge in [-0.05, 0) is 25.3 Å². The van der Waals surface area contributed by atoms with Crippen LogP contribution in [-0.4, -0.2) is 4.98 Å². The van der Waals surface area contributed by atoms with E-state index in [0.29, 0.717) is 0 Å². The van der Waals surface area contributed by atoms with Gasteiger partial charge in [-0.2, -0.15) is 4.57 Å². The molecule has 0 atom stereocenters. The lowest BCUT2D eigenvalue weighted by molar-refractivity contribution is -0.602. The fraction of sp³-hybridized carbons (Fsp3) is 0.176. The summed E-state index contributed by atoms with van der Waals surface area (Å²) in [6, 6.07) is 12.9. The van der Waals surface area contributed by atoms with Crippen molar-refractivity contribution >= 4 is 10.8 Å². The van der Waals surface area contributed by atoms with Gasteiger partial charge in [0.25, 0.3) is 0 Å². The molecule has 0 fully saturated rings. The van der Waals surface area contributed by atoms with Gasteiger partial charge in [0.05, 0.1) is 11.6 Å². The lowest BCUT2D eigenvalue weighted by Gasteiger charge is -2.07. The predicted octanol–water partition coefficient (Wildman–Crippen LogP) is 3.44. The average Bonchev–Trinajstić information content (AvgIpc) is 2.42. The lowest BCUT2D eigenvalue weighted by Crippen LogP contribution is -2.35. The van der Waals surface area contributed by atoms with Crippen molar-refractivity contribution < 1.29 is 4.57 Å². The van der Waals surface area contributed by atoms with Crippen molar-refractivity contribution in [3.05, 3.63) is 65.7 Å². The van der Waals surface area contributed by atoms with Gasteiger partial charge < -0.3 is 0 Å². The Balaban J connectivity index is 2.41. The summed E-state index contributed by atoms with van der Waals surface area (Å²) in [5.41, 5.74) is 4.70. The summed E-state index contributed by atoms with van der Waals surface area (Å²) in [7, 11) is 0. The van der Waals surface area contributed by atoms with Crippen molar-refractivity contribution in [3.8, 4) is 5.69 Å². The largest absolute Gasteiger partial charge is 0.249 e. The minimum Gasteiger partial charge on any atom is -0.249 e. The molecular weight excluding hydrogens is 232 g/mol. The van der Waals surface area contributed by atoms with Gasteiger partial charge in [0.2, 0.25) is 11.4 Å². The molecular formula is C17H17N2+. The molecule has 0 aliphatic carbocycles. The summed E-state index contributed by atoms with van der Waals surface area (Å²) in [6.07, 6.45) is 4.03. The standard InChI is InChI=1S/C17H17N2/c1-12-8-9-15-6-4-5-7-16(15)17(12)19-11-13(2)18-10-14(19)3/h4-11H,1-3H3/q+1. The first-order valence-electron chi connectivity index (χ1n) is 6.50. The fourth-order valence-electron chi connectivity index (χ4n) is 2.50. The second kappa shape index (κ2) is 4.47. The van der Waals surface area contributed by atoms with Crippen LogP contribution in [0.1, 0.15) is 17.0 Å². The smallest absolute Gasteiger partial charge is 0.221 e. The Morgan fingerprint density at radius 3 is 2.58 bits per heavy atom. The Kier molecular flexibility index (Phi) is 2.79. The van der Waals surface area contributed by atoms with E-state index in [0.717, 1.165) is 11.4 Å².